The van der Waals surface area contributed by atoms with Gasteiger partial charge in [0.2, 0.25) is 0 Å². The van der Waals surface area contributed by atoms with Gasteiger partial charge in [0.15, 0.2) is 0 Å². The van der Waals surface area contributed by atoms with E-state index in [-0.39, 0.29) is 18.4 Å². The second kappa shape index (κ2) is 7.81. The first-order chi connectivity index (χ1) is 9.43. The fourth-order valence-electron chi connectivity index (χ4n) is 1.53. The van der Waals surface area contributed by atoms with Gasteiger partial charge in [-0.15, -0.1) is 0 Å². The molecule has 0 bridgehead atoms. The third-order valence-electron chi connectivity index (χ3n) is 2.84. The summed E-state index contributed by atoms with van der Waals surface area (Å²) in [7, 11) is 1.55. The summed E-state index contributed by atoms with van der Waals surface area (Å²) < 4.78 is 17.6. The normalized spacial score (nSPS) is 13.6. The molecule has 0 aromatic heterocycles. The van der Waals surface area contributed by atoms with E-state index in [4.69, 9.17) is 4.74 Å². The van der Waals surface area contributed by atoms with Gasteiger partial charge >= 0.3 is 6.03 Å². The second-order valence-corrected chi connectivity index (χ2v) is 4.90. The molecule has 6 heteroatoms. The molecule has 2 amide bonds. The standard InChI is InChI=1S/C14H21FN2O3/c1-14(19,7-8-20-2)10-17-13(18)16-9-11-3-5-12(15)6-4-11/h3-6,19H,7-10H2,1-2H3,(H2,16,17,18). The summed E-state index contributed by atoms with van der Waals surface area (Å²) in [6, 6.07) is 5.50. The average molecular weight is 284 g/mol. The zero-order chi connectivity index (χ0) is 15.0. The Kier molecular flexibility index (Phi) is 6.41. The average Bonchev–Trinajstić information content (AvgIpc) is 2.42. The molecule has 3 N–H and O–H groups in total. The number of aliphatic hydroxyl groups is 1. The van der Waals surface area contributed by atoms with E-state index < -0.39 is 5.60 Å². The molecule has 1 atom stereocenters. The van der Waals surface area contributed by atoms with Gasteiger partial charge in [0, 0.05) is 33.2 Å². The largest absolute Gasteiger partial charge is 0.388 e. The lowest BCUT2D eigenvalue weighted by Gasteiger charge is -2.23. The Balaban J connectivity index is 2.28. The highest BCUT2D eigenvalue weighted by atomic mass is 19.1. The van der Waals surface area contributed by atoms with E-state index in [0.717, 1.165) is 5.56 Å². The number of urea groups is 1. The van der Waals surface area contributed by atoms with Crippen LogP contribution >= 0.6 is 0 Å². The first kappa shape index (κ1) is 16.4. The molecule has 1 aromatic carbocycles. The molecule has 5 nitrogen and oxygen atoms in total. The van der Waals surface area contributed by atoms with Gasteiger partial charge in [-0.05, 0) is 24.6 Å². The molecular formula is C14H21FN2O3. The summed E-state index contributed by atoms with van der Waals surface area (Å²) >= 11 is 0. The van der Waals surface area contributed by atoms with Crippen LogP contribution in [0.2, 0.25) is 0 Å². The summed E-state index contributed by atoms with van der Waals surface area (Å²) in [6.45, 7) is 2.48. The van der Waals surface area contributed by atoms with Crippen LogP contribution in [0.3, 0.4) is 0 Å². The molecule has 0 saturated carbocycles. The van der Waals surface area contributed by atoms with Crippen molar-refractivity contribution in [3.8, 4) is 0 Å². The smallest absolute Gasteiger partial charge is 0.315 e. The van der Waals surface area contributed by atoms with Crippen molar-refractivity contribution in [1.82, 2.24) is 10.6 Å². The number of carbonyl (C=O) groups excluding carboxylic acids is 1. The summed E-state index contributed by atoms with van der Waals surface area (Å²) in [5.41, 5.74) is -0.212. The number of ether oxygens (including phenoxy) is 1. The van der Waals surface area contributed by atoms with Crippen molar-refractivity contribution in [2.24, 2.45) is 0 Å². The van der Waals surface area contributed by atoms with Crippen LogP contribution in [0.25, 0.3) is 0 Å². The van der Waals surface area contributed by atoms with Crippen LogP contribution in [0.5, 0.6) is 0 Å². The molecule has 0 spiro atoms. The summed E-state index contributed by atoms with van der Waals surface area (Å²) in [6.07, 6.45) is 0.432. The molecule has 0 saturated heterocycles. The Morgan fingerprint density at radius 2 is 2.00 bits per heavy atom. The molecule has 0 aliphatic heterocycles. The number of carbonyl (C=O) groups is 1. The van der Waals surface area contributed by atoms with E-state index in [1.165, 1.54) is 12.1 Å². The third-order valence-corrected chi connectivity index (χ3v) is 2.84. The van der Waals surface area contributed by atoms with E-state index in [2.05, 4.69) is 10.6 Å². The zero-order valence-corrected chi connectivity index (χ0v) is 11.8. The Morgan fingerprint density at radius 1 is 1.35 bits per heavy atom. The van der Waals surface area contributed by atoms with E-state index in [1.54, 1.807) is 26.2 Å². The molecule has 1 unspecified atom stereocenters. The highest BCUT2D eigenvalue weighted by Gasteiger charge is 2.20. The molecule has 0 heterocycles. The minimum atomic E-state index is -1.01. The molecule has 0 aliphatic carbocycles. The van der Waals surface area contributed by atoms with Crippen molar-refractivity contribution in [3.63, 3.8) is 0 Å². The van der Waals surface area contributed by atoms with E-state index in [9.17, 15) is 14.3 Å². The van der Waals surface area contributed by atoms with Crippen LogP contribution in [0.15, 0.2) is 24.3 Å². The van der Waals surface area contributed by atoms with Gasteiger partial charge in [-0.25, -0.2) is 9.18 Å². The maximum atomic E-state index is 12.7. The minimum Gasteiger partial charge on any atom is -0.388 e. The van der Waals surface area contributed by atoms with Gasteiger partial charge < -0.3 is 20.5 Å². The molecular weight excluding hydrogens is 263 g/mol. The molecule has 0 aliphatic rings. The van der Waals surface area contributed by atoms with Gasteiger partial charge in [-0.3, -0.25) is 0 Å². The highest BCUT2D eigenvalue weighted by Crippen LogP contribution is 2.07. The number of hydrogen-bond acceptors (Lipinski definition) is 3. The molecule has 1 aromatic rings. The Labute approximate surface area is 118 Å². The zero-order valence-electron chi connectivity index (χ0n) is 11.8. The van der Waals surface area contributed by atoms with Crippen LogP contribution in [-0.2, 0) is 11.3 Å². The summed E-state index contributed by atoms with van der Waals surface area (Å²) in [5.74, 6) is -0.313. The Morgan fingerprint density at radius 3 is 2.60 bits per heavy atom. The quantitative estimate of drug-likeness (QED) is 0.709. The Bertz CT molecular complexity index is 421. The number of amides is 2. The van der Waals surface area contributed by atoms with Crippen LogP contribution in [0.4, 0.5) is 9.18 Å². The summed E-state index contributed by atoms with van der Waals surface area (Å²) in [5, 5.41) is 15.2. The summed E-state index contributed by atoms with van der Waals surface area (Å²) in [4.78, 5) is 11.6. The number of nitrogens with one attached hydrogen (secondary N) is 2. The lowest BCUT2D eigenvalue weighted by Crippen LogP contribution is -2.45. The van der Waals surface area contributed by atoms with Crippen molar-refractivity contribution in [2.75, 3.05) is 20.3 Å². The monoisotopic (exact) mass is 284 g/mol. The van der Waals surface area contributed by atoms with Crippen molar-refractivity contribution in [1.29, 1.82) is 0 Å². The minimum absolute atomic E-state index is 0.131. The maximum absolute atomic E-state index is 12.7. The van der Waals surface area contributed by atoms with Crippen LogP contribution in [0.1, 0.15) is 18.9 Å². The van der Waals surface area contributed by atoms with Crippen LogP contribution in [0, 0.1) is 5.82 Å². The second-order valence-electron chi connectivity index (χ2n) is 4.90. The number of methoxy groups -OCH3 is 1. The lowest BCUT2D eigenvalue weighted by atomic mass is 10.0. The SMILES string of the molecule is COCCC(C)(O)CNC(=O)NCc1ccc(F)cc1. The molecule has 0 fully saturated rings. The van der Waals surface area contributed by atoms with Gasteiger partial charge in [0.05, 0.1) is 5.60 Å². The first-order valence-electron chi connectivity index (χ1n) is 6.40. The van der Waals surface area contributed by atoms with Crippen LogP contribution in [-0.4, -0.2) is 37.0 Å². The van der Waals surface area contributed by atoms with Gasteiger partial charge in [-0.1, -0.05) is 12.1 Å². The fourth-order valence-corrected chi connectivity index (χ4v) is 1.53. The Hall–Kier alpha value is -1.66. The molecule has 20 heavy (non-hydrogen) atoms. The predicted molar refractivity (Wildman–Crippen MR) is 73.8 cm³/mol. The lowest BCUT2D eigenvalue weighted by molar-refractivity contribution is 0.0269. The predicted octanol–water partition coefficient (Wildman–Crippen LogP) is 1.41. The first-order valence-corrected chi connectivity index (χ1v) is 6.40. The topological polar surface area (TPSA) is 70.6 Å². The van der Waals surface area contributed by atoms with Gasteiger partial charge in [0.1, 0.15) is 5.82 Å². The van der Waals surface area contributed by atoms with Gasteiger partial charge in [0.25, 0.3) is 0 Å². The number of rotatable bonds is 7. The van der Waals surface area contributed by atoms with Crippen molar-refractivity contribution in [2.45, 2.75) is 25.5 Å². The fraction of sp³-hybridized carbons (Fsp3) is 0.500. The number of benzene rings is 1. The van der Waals surface area contributed by atoms with E-state index in [1.807, 2.05) is 0 Å². The number of hydrogen-bond donors (Lipinski definition) is 3. The van der Waals surface area contributed by atoms with Gasteiger partial charge in [-0.2, -0.15) is 0 Å². The van der Waals surface area contributed by atoms with Crippen LogP contribution < -0.4 is 10.6 Å². The van der Waals surface area contributed by atoms with Crippen molar-refractivity contribution < 1.29 is 19.0 Å². The molecule has 112 valence electrons. The highest BCUT2D eigenvalue weighted by molar-refractivity contribution is 5.73. The number of halogens is 1. The molecule has 1 rings (SSSR count). The maximum Gasteiger partial charge on any atom is 0.315 e. The van der Waals surface area contributed by atoms with Crippen molar-refractivity contribution >= 4 is 6.03 Å². The third kappa shape index (κ3) is 6.49. The van der Waals surface area contributed by atoms with E-state index in [0.29, 0.717) is 19.6 Å². The molecule has 0 radical (unpaired) electrons. The van der Waals surface area contributed by atoms with Crippen molar-refractivity contribution in [3.05, 3.63) is 35.6 Å². The van der Waals surface area contributed by atoms with E-state index >= 15 is 0 Å².